The van der Waals surface area contributed by atoms with Crippen LogP contribution in [0.15, 0.2) is 22.7 Å². The Labute approximate surface area is 120 Å². The number of benzene rings is 1. The molecule has 1 aliphatic rings. The van der Waals surface area contributed by atoms with Crippen molar-refractivity contribution in [1.82, 2.24) is 4.90 Å². The maximum absolute atomic E-state index is 12.2. The lowest BCUT2D eigenvalue weighted by atomic mass is 10.3. The van der Waals surface area contributed by atoms with E-state index < -0.39 is 6.10 Å². The van der Waals surface area contributed by atoms with Crippen molar-refractivity contribution < 1.29 is 14.3 Å². The number of ether oxygens (including phenoxy) is 2. The lowest BCUT2D eigenvalue weighted by molar-refractivity contribution is -0.142. The number of carbonyl (C=O) groups is 1. The van der Waals surface area contributed by atoms with Crippen molar-refractivity contribution in [3.05, 3.63) is 22.7 Å². The normalized spacial score (nSPS) is 17.1. The van der Waals surface area contributed by atoms with Gasteiger partial charge in [-0.05, 0) is 35.0 Å². The van der Waals surface area contributed by atoms with E-state index >= 15 is 0 Å². The molecule has 0 spiro atoms. The zero-order valence-corrected chi connectivity index (χ0v) is 12.4. The summed E-state index contributed by atoms with van der Waals surface area (Å²) < 4.78 is 11.7. The first kappa shape index (κ1) is 14.1. The number of anilines is 1. The lowest BCUT2D eigenvalue weighted by Crippen LogP contribution is -2.46. The SMILES string of the molecule is CC(Oc1cc(N)ccc1Br)C(=O)N1CCOCC1. The van der Waals surface area contributed by atoms with E-state index in [1.165, 1.54) is 0 Å². The molecule has 1 heterocycles. The molecule has 2 N–H and O–H groups in total. The summed E-state index contributed by atoms with van der Waals surface area (Å²) in [6, 6.07) is 5.27. The van der Waals surface area contributed by atoms with Crippen LogP contribution in [0.1, 0.15) is 6.92 Å². The van der Waals surface area contributed by atoms with Crippen LogP contribution in [0.5, 0.6) is 5.75 Å². The number of nitrogens with two attached hydrogens (primary N) is 1. The third kappa shape index (κ3) is 3.61. The van der Waals surface area contributed by atoms with Gasteiger partial charge >= 0.3 is 0 Å². The zero-order chi connectivity index (χ0) is 13.8. The maximum atomic E-state index is 12.2. The van der Waals surface area contributed by atoms with E-state index in [1.807, 2.05) is 0 Å². The van der Waals surface area contributed by atoms with Crippen LogP contribution in [0.4, 0.5) is 5.69 Å². The molecule has 1 aliphatic heterocycles. The van der Waals surface area contributed by atoms with Crippen LogP contribution >= 0.6 is 15.9 Å². The highest BCUT2D eigenvalue weighted by atomic mass is 79.9. The molecule has 1 fully saturated rings. The molecule has 0 aromatic heterocycles. The fourth-order valence-electron chi connectivity index (χ4n) is 1.89. The van der Waals surface area contributed by atoms with Crippen molar-refractivity contribution in [1.29, 1.82) is 0 Å². The van der Waals surface area contributed by atoms with E-state index in [0.29, 0.717) is 37.7 Å². The van der Waals surface area contributed by atoms with Crippen LogP contribution in [0.25, 0.3) is 0 Å². The van der Waals surface area contributed by atoms with E-state index in [0.717, 1.165) is 4.47 Å². The minimum absolute atomic E-state index is 0.0300. The second kappa shape index (κ2) is 6.25. The highest BCUT2D eigenvalue weighted by molar-refractivity contribution is 9.10. The molecule has 5 nitrogen and oxygen atoms in total. The summed E-state index contributed by atoms with van der Waals surface area (Å²) in [6.07, 6.45) is -0.545. The second-order valence-corrected chi connectivity index (χ2v) is 5.24. The molecule has 2 rings (SSSR count). The number of nitrogen functional groups attached to an aromatic ring is 1. The van der Waals surface area contributed by atoms with Crippen LogP contribution in [0.2, 0.25) is 0 Å². The molecule has 1 aromatic carbocycles. The Bertz CT molecular complexity index is 461. The van der Waals surface area contributed by atoms with Gasteiger partial charge in [0.15, 0.2) is 6.10 Å². The van der Waals surface area contributed by atoms with Crippen molar-refractivity contribution in [2.45, 2.75) is 13.0 Å². The van der Waals surface area contributed by atoms with Gasteiger partial charge in [0.25, 0.3) is 5.91 Å². The number of morpholine rings is 1. The standard InChI is InChI=1S/C13H17BrN2O3/c1-9(13(17)16-4-6-18-7-5-16)19-12-8-10(15)2-3-11(12)14/h2-3,8-9H,4-7,15H2,1H3. The van der Waals surface area contributed by atoms with Crippen molar-refractivity contribution in [3.63, 3.8) is 0 Å². The Kier molecular flexibility index (Phi) is 4.66. The Hall–Kier alpha value is -1.27. The number of rotatable bonds is 3. The topological polar surface area (TPSA) is 64.8 Å². The van der Waals surface area contributed by atoms with Gasteiger partial charge in [0, 0.05) is 24.8 Å². The molecule has 0 radical (unpaired) electrons. The van der Waals surface area contributed by atoms with E-state index in [-0.39, 0.29) is 5.91 Å². The molecular weight excluding hydrogens is 312 g/mol. The third-order valence-corrected chi connectivity index (χ3v) is 3.58. The molecule has 104 valence electrons. The second-order valence-electron chi connectivity index (χ2n) is 4.39. The fraction of sp³-hybridized carbons (Fsp3) is 0.462. The molecule has 1 amide bonds. The molecule has 1 atom stereocenters. The zero-order valence-electron chi connectivity index (χ0n) is 10.8. The molecule has 6 heteroatoms. The van der Waals surface area contributed by atoms with E-state index in [1.54, 1.807) is 30.0 Å². The average molecular weight is 329 g/mol. The quantitative estimate of drug-likeness (QED) is 0.857. The van der Waals surface area contributed by atoms with Gasteiger partial charge in [-0.15, -0.1) is 0 Å². The Morgan fingerprint density at radius 2 is 2.16 bits per heavy atom. The number of hydrogen-bond acceptors (Lipinski definition) is 4. The van der Waals surface area contributed by atoms with E-state index in [2.05, 4.69) is 15.9 Å². The molecule has 1 saturated heterocycles. The molecule has 0 bridgehead atoms. The summed E-state index contributed by atoms with van der Waals surface area (Å²) in [4.78, 5) is 14.0. The molecule has 0 aliphatic carbocycles. The largest absolute Gasteiger partial charge is 0.480 e. The van der Waals surface area contributed by atoms with Gasteiger partial charge in [-0.2, -0.15) is 0 Å². The van der Waals surface area contributed by atoms with Crippen molar-refractivity contribution in [2.24, 2.45) is 0 Å². The minimum Gasteiger partial charge on any atom is -0.480 e. The highest BCUT2D eigenvalue weighted by Gasteiger charge is 2.24. The fourth-order valence-corrected chi connectivity index (χ4v) is 2.23. The van der Waals surface area contributed by atoms with Crippen molar-refractivity contribution >= 4 is 27.5 Å². The number of hydrogen-bond donors (Lipinski definition) is 1. The van der Waals surface area contributed by atoms with E-state index in [4.69, 9.17) is 15.2 Å². The van der Waals surface area contributed by atoms with Crippen LogP contribution in [-0.2, 0) is 9.53 Å². The predicted molar refractivity (Wildman–Crippen MR) is 76.0 cm³/mol. The Balaban J connectivity index is 2.01. The molecule has 1 aromatic rings. The summed E-state index contributed by atoms with van der Waals surface area (Å²) in [6.45, 7) is 4.14. The predicted octanol–water partition coefficient (Wildman–Crippen LogP) is 1.66. The summed E-state index contributed by atoms with van der Waals surface area (Å²) in [5.41, 5.74) is 6.31. The summed E-state index contributed by atoms with van der Waals surface area (Å²) >= 11 is 3.38. The van der Waals surface area contributed by atoms with Gasteiger partial charge in [-0.3, -0.25) is 4.79 Å². The van der Waals surface area contributed by atoms with Crippen molar-refractivity contribution in [2.75, 3.05) is 32.0 Å². The third-order valence-electron chi connectivity index (χ3n) is 2.93. The smallest absolute Gasteiger partial charge is 0.263 e. The number of halogens is 1. The van der Waals surface area contributed by atoms with Crippen molar-refractivity contribution in [3.8, 4) is 5.75 Å². The summed E-state index contributed by atoms with van der Waals surface area (Å²) in [5, 5.41) is 0. The lowest BCUT2D eigenvalue weighted by Gasteiger charge is -2.29. The number of carbonyl (C=O) groups excluding carboxylic acids is 1. The monoisotopic (exact) mass is 328 g/mol. The van der Waals surface area contributed by atoms with Gasteiger partial charge in [-0.25, -0.2) is 0 Å². The number of nitrogens with zero attached hydrogens (tertiary/aromatic N) is 1. The maximum Gasteiger partial charge on any atom is 0.263 e. The van der Waals surface area contributed by atoms with Gasteiger partial charge < -0.3 is 20.1 Å². The highest BCUT2D eigenvalue weighted by Crippen LogP contribution is 2.28. The van der Waals surface area contributed by atoms with Gasteiger partial charge in [-0.1, -0.05) is 0 Å². The van der Waals surface area contributed by atoms with Crippen LogP contribution in [0, 0.1) is 0 Å². The first-order valence-electron chi connectivity index (χ1n) is 6.16. The average Bonchev–Trinajstić information content (AvgIpc) is 2.43. The van der Waals surface area contributed by atoms with Gasteiger partial charge in [0.05, 0.1) is 17.7 Å². The first-order valence-corrected chi connectivity index (χ1v) is 6.95. The summed E-state index contributed by atoms with van der Waals surface area (Å²) in [7, 11) is 0. The van der Waals surface area contributed by atoms with Crippen LogP contribution < -0.4 is 10.5 Å². The molecule has 19 heavy (non-hydrogen) atoms. The van der Waals surface area contributed by atoms with E-state index in [9.17, 15) is 4.79 Å². The van der Waals surface area contributed by atoms with Crippen LogP contribution in [0.3, 0.4) is 0 Å². The van der Waals surface area contributed by atoms with Crippen LogP contribution in [-0.4, -0.2) is 43.2 Å². The number of amides is 1. The Morgan fingerprint density at radius 3 is 2.84 bits per heavy atom. The van der Waals surface area contributed by atoms with Gasteiger partial charge in [0.1, 0.15) is 5.75 Å². The minimum atomic E-state index is -0.545. The molecular formula is C13H17BrN2O3. The van der Waals surface area contributed by atoms with Gasteiger partial charge in [0.2, 0.25) is 0 Å². The molecule has 1 unspecified atom stereocenters. The Morgan fingerprint density at radius 1 is 1.47 bits per heavy atom. The summed E-state index contributed by atoms with van der Waals surface area (Å²) in [5.74, 6) is 0.548. The molecule has 0 saturated carbocycles. The first-order chi connectivity index (χ1) is 9.08.